The van der Waals surface area contributed by atoms with Gasteiger partial charge in [-0.2, -0.15) is 13.2 Å². The van der Waals surface area contributed by atoms with Gasteiger partial charge in [-0.05, 0) is 36.2 Å². The SMILES string of the molecule is CCC(Nc1cccc(NS(C)(=O)=O)c1C=N)(C(N)=O)c1ccc(C(F)(F)F)cc1. The predicted octanol–water partition coefficient (Wildman–Crippen LogP) is 3.28. The van der Waals surface area contributed by atoms with Gasteiger partial charge in [-0.1, -0.05) is 25.1 Å². The van der Waals surface area contributed by atoms with Crippen LogP contribution in [0.25, 0.3) is 0 Å². The van der Waals surface area contributed by atoms with Crippen molar-refractivity contribution < 1.29 is 26.4 Å². The van der Waals surface area contributed by atoms with Crippen molar-refractivity contribution in [2.24, 2.45) is 5.73 Å². The molecular weight excluding hydrogens is 421 g/mol. The lowest BCUT2D eigenvalue weighted by molar-refractivity contribution is -0.137. The largest absolute Gasteiger partial charge is 0.416 e. The molecule has 162 valence electrons. The number of sulfonamides is 1. The molecule has 0 aromatic heterocycles. The van der Waals surface area contributed by atoms with Gasteiger partial charge < -0.3 is 16.5 Å². The van der Waals surface area contributed by atoms with Gasteiger partial charge >= 0.3 is 6.18 Å². The van der Waals surface area contributed by atoms with Gasteiger partial charge in [-0.3, -0.25) is 9.52 Å². The second kappa shape index (κ2) is 8.34. The number of amides is 1. The highest BCUT2D eigenvalue weighted by atomic mass is 32.2. The molecule has 0 aliphatic rings. The molecule has 0 saturated heterocycles. The molecule has 2 aromatic rings. The van der Waals surface area contributed by atoms with Gasteiger partial charge in [0, 0.05) is 17.5 Å². The van der Waals surface area contributed by atoms with E-state index < -0.39 is 33.2 Å². The Kier molecular flexibility index (Phi) is 6.45. The Bertz CT molecular complexity index is 1050. The fourth-order valence-electron chi connectivity index (χ4n) is 3.03. The summed E-state index contributed by atoms with van der Waals surface area (Å²) in [6.07, 6.45) is -2.62. The standard InChI is InChI=1S/C19H21F3N4O3S/c1-3-18(17(24)27,12-7-9-13(10-8-12)19(20,21)22)25-15-5-4-6-16(14(15)11-23)26-30(2,28)29/h4-11,23,25-26H,3H2,1-2H3,(H2,24,27). The molecule has 0 bridgehead atoms. The van der Waals surface area contributed by atoms with Crippen LogP contribution in [-0.2, 0) is 26.5 Å². The maximum absolute atomic E-state index is 12.9. The first-order valence-electron chi connectivity index (χ1n) is 8.71. The van der Waals surface area contributed by atoms with E-state index in [2.05, 4.69) is 10.0 Å². The molecule has 2 rings (SSSR count). The molecule has 1 unspecified atom stereocenters. The van der Waals surface area contributed by atoms with Crippen molar-refractivity contribution in [3.63, 3.8) is 0 Å². The lowest BCUT2D eigenvalue weighted by Crippen LogP contribution is -2.47. The van der Waals surface area contributed by atoms with Crippen molar-refractivity contribution in [1.82, 2.24) is 0 Å². The molecule has 0 saturated carbocycles. The summed E-state index contributed by atoms with van der Waals surface area (Å²) >= 11 is 0. The average Bonchev–Trinajstić information content (AvgIpc) is 2.64. The van der Waals surface area contributed by atoms with Crippen LogP contribution >= 0.6 is 0 Å². The molecule has 30 heavy (non-hydrogen) atoms. The van der Waals surface area contributed by atoms with E-state index in [1.165, 1.54) is 18.2 Å². The minimum Gasteiger partial charge on any atom is -0.367 e. The molecule has 0 aliphatic carbocycles. The highest BCUT2D eigenvalue weighted by molar-refractivity contribution is 7.92. The predicted molar refractivity (Wildman–Crippen MR) is 109 cm³/mol. The summed E-state index contributed by atoms with van der Waals surface area (Å²) in [6.45, 7) is 1.62. The first-order valence-corrected chi connectivity index (χ1v) is 10.6. The fraction of sp³-hybridized carbons (Fsp3) is 0.263. The molecule has 0 aliphatic heterocycles. The molecule has 0 spiro atoms. The zero-order valence-corrected chi connectivity index (χ0v) is 17.0. The number of rotatable bonds is 8. The molecule has 2 aromatic carbocycles. The van der Waals surface area contributed by atoms with Crippen molar-refractivity contribution in [1.29, 1.82) is 5.41 Å². The Morgan fingerprint density at radius 3 is 2.07 bits per heavy atom. The Morgan fingerprint density at radius 2 is 1.63 bits per heavy atom. The second-order valence-electron chi connectivity index (χ2n) is 6.61. The first-order chi connectivity index (χ1) is 13.8. The summed E-state index contributed by atoms with van der Waals surface area (Å²) in [5, 5.41) is 10.6. The number of anilines is 2. The second-order valence-corrected chi connectivity index (χ2v) is 8.36. The number of primary amides is 1. The molecule has 11 heteroatoms. The molecule has 0 heterocycles. The van der Waals surface area contributed by atoms with Crippen molar-refractivity contribution in [3.8, 4) is 0 Å². The van der Waals surface area contributed by atoms with E-state index >= 15 is 0 Å². The van der Waals surface area contributed by atoms with Gasteiger partial charge in [0.1, 0.15) is 5.54 Å². The summed E-state index contributed by atoms with van der Waals surface area (Å²) in [6, 6.07) is 8.46. The average molecular weight is 442 g/mol. The van der Waals surface area contributed by atoms with Gasteiger partial charge in [-0.15, -0.1) is 0 Å². The molecule has 0 fully saturated rings. The van der Waals surface area contributed by atoms with E-state index in [1.807, 2.05) is 0 Å². The Hall–Kier alpha value is -3.08. The van der Waals surface area contributed by atoms with Crippen molar-refractivity contribution in [2.75, 3.05) is 16.3 Å². The topological polar surface area (TPSA) is 125 Å². The minimum atomic E-state index is -4.54. The zero-order valence-electron chi connectivity index (χ0n) is 16.2. The quantitative estimate of drug-likeness (QED) is 0.468. The number of hydrogen-bond donors (Lipinski definition) is 4. The number of halogens is 3. The number of alkyl halides is 3. The fourth-order valence-corrected chi connectivity index (χ4v) is 3.61. The van der Waals surface area contributed by atoms with E-state index in [-0.39, 0.29) is 28.9 Å². The third-order valence-corrected chi connectivity index (χ3v) is 5.14. The van der Waals surface area contributed by atoms with E-state index in [4.69, 9.17) is 11.1 Å². The Morgan fingerprint density at radius 1 is 1.10 bits per heavy atom. The third kappa shape index (κ3) is 4.90. The van der Waals surface area contributed by atoms with Crippen LogP contribution in [-0.4, -0.2) is 26.8 Å². The van der Waals surface area contributed by atoms with Gasteiger partial charge in [0.25, 0.3) is 0 Å². The van der Waals surface area contributed by atoms with Crippen LogP contribution in [0.4, 0.5) is 24.5 Å². The first kappa shape index (κ1) is 23.2. The summed E-state index contributed by atoms with van der Waals surface area (Å²) < 4.78 is 64.1. The van der Waals surface area contributed by atoms with Crippen molar-refractivity contribution in [2.45, 2.75) is 25.1 Å². The summed E-state index contributed by atoms with van der Waals surface area (Å²) in [5.41, 5.74) is 3.79. The van der Waals surface area contributed by atoms with Gasteiger partial charge in [0.05, 0.1) is 17.5 Å². The maximum atomic E-state index is 12.9. The maximum Gasteiger partial charge on any atom is 0.416 e. The molecule has 5 N–H and O–H groups in total. The van der Waals surface area contributed by atoms with Crippen molar-refractivity contribution in [3.05, 3.63) is 59.2 Å². The van der Waals surface area contributed by atoms with Crippen LogP contribution in [0.5, 0.6) is 0 Å². The molecule has 1 amide bonds. The number of hydrogen-bond acceptors (Lipinski definition) is 5. The summed E-state index contributed by atoms with van der Waals surface area (Å²) in [4.78, 5) is 12.4. The van der Waals surface area contributed by atoms with E-state index in [1.54, 1.807) is 6.92 Å². The molecular formula is C19H21F3N4O3S. The van der Waals surface area contributed by atoms with E-state index in [0.717, 1.165) is 36.7 Å². The number of nitrogens with two attached hydrogens (primary N) is 1. The van der Waals surface area contributed by atoms with Crippen LogP contribution in [0.1, 0.15) is 30.0 Å². The van der Waals surface area contributed by atoms with Crippen molar-refractivity contribution >= 4 is 33.5 Å². The number of carbonyl (C=O) groups excluding carboxylic acids is 1. The molecule has 1 atom stereocenters. The van der Waals surface area contributed by atoms with E-state index in [9.17, 15) is 26.4 Å². The Labute approximate surface area is 172 Å². The lowest BCUT2D eigenvalue weighted by Gasteiger charge is -2.33. The monoisotopic (exact) mass is 442 g/mol. The van der Waals surface area contributed by atoms with Crippen LogP contribution in [0.3, 0.4) is 0 Å². The number of carbonyl (C=O) groups is 1. The number of nitrogens with one attached hydrogen (secondary N) is 3. The van der Waals surface area contributed by atoms with Crippen LogP contribution in [0.2, 0.25) is 0 Å². The summed E-state index contributed by atoms with van der Waals surface area (Å²) in [7, 11) is -3.64. The highest BCUT2D eigenvalue weighted by Crippen LogP contribution is 2.35. The van der Waals surface area contributed by atoms with E-state index in [0.29, 0.717) is 0 Å². The summed E-state index contributed by atoms with van der Waals surface area (Å²) in [5.74, 6) is -0.845. The van der Waals surface area contributed by atoms with Gasteiger partial charge in [0.2, 0.25) is 15.9 Å². The minimum absolute atomic E-state index is 0.0782. The third-order valence-electron chi connectivity index (χ3n) is 4.55. The van der Waals surface area contributed by atoms with Crippen LogP contribution in [0, 0.1) is 5.41 Å². The van der Waals surface area contributed by atoms with Gasteiger partial charge in [0.15, 0.2) is 0 Å². The highest BCUT2D eigenvalue weighted by Gasteiger charge is 2.38. The van der Waals surface area contributed by atoms with Crippen LogP contribution in [0.15, 0.2) is 42.5 Å². The normalized spacial score (nSPS) is 13.9. The zero-order chi connectivity index (χ0) is 22.7. The Balaban J connectivity index is 2.58. The van der Waals surface area contributed by atoms with Crippen LogP contribution < -0.4 is 15.8 Å². The smallest absolute Gasteiger partial charge is 0.367 e. The van der Waals surface area contributed by atoms with Gasteiger partial charge in [-0.25, -0.2) is 8.42 Å². The molecule has 7 nitrogen and oxygen atoms in total. The molecule has 0 radical (unpaired) electrons. The number of benzene rings is 2. The lowest BCUT2D eigenvalue weighted by atomic mass is 9.85.